The zero-order chi connectivity index (χ0) is 27.9. The first-order valence-corrected chi connectivity index (χ1v) is 14.1. The van der Waals surface area contributed by atoms with E-state index in [9.17, 15) is 22.4 Å². The SMILES string of the molecule is CCNC(=O)[C@@H](CC)N(Cc1ccccc1Cl)C(=O)CN(c1ccccc1F)S(=O)(=O)c1ccc(C)cc1. The van der Waals surface area contributed by atoms with Gasteiger partial charge in [0.1, 0.15) is 18.4 Å². The number of nitrogens with one attached hydrogen (secondary N) is 1. The number of carbonyl (C=O) groups excluding carboxylic acids is 2. The molecule has 0 heterocycles. The van der Waals surface area contributed by atoms with Crippen LogP contribution < -0.4 is 9.62 Å². The van der Waals surface area contributed by atoms with Gasteiger partial charge in [-0.2, -0.15) is 0 Å². The van der Waals surface area contributed by atoms with E-state index < -0.39 is 34.3 Å². The normalized spacial score (nSPS) is 12.0. The summed E-state index contributed by atoms with van der Waals surface area (Å²) in [6, 6.07) is 17.4. The Morgan fingerprint density at radius 2 is 1.61 bits per heavy atom. The lowest BCUT2D eigenvalue weighted by Gasteiger charge is -2.33. The van der Waals surface area contributed by atoms with E-state index in [0.29, 0.717) is 17.1 Å². The Labute approximate surface area is 228 Å². The van der Waals surface area contributed by atoms with E-state index in [2.05, 4.69) is 5.32 Å². The van der Waals surface area contributed by atoms with Crippen molar-refractivity contribution in [2.75, 3.05) is 17.4 Å². The highest BCUT2D eigenvalue weighted by Gasteiger charge is 2.34. The quantitative estimate of drug-likeness (QED) is 0.361. The Morgan fingerprint density at radius 3 is 2.21 bits per heavy atom. The molecule has 0 unspecified atom stereocenters. The van der Waals surface area contributed by atoms with Crippen LogP contribution in [0.1, 0.15) is 31.4 Å². The number of anilines is 1. The molecule has 7 nitrogen and oxygen atoms in total. The molecule has 0 aliphatic rings. The second kappa shape index (κ2) is 12.9. The standard InChI is InChI=1S/C28H31ClFN3O4S/c1-4-25(28(35)31-5-2)32(18-21-10-6-7-11-23(21)29)27(34)19-33(26-13-9-8-12-24(26)30)38(36,37)22-16-14-20(3)15-17-22/h6-17,25H,4-5,18-19H2,1-3H3,(H,31,35)/t25-/m1/s1. The number of likely N-dealkylation sites (N-methyl/N-ethyl adjacent to an activating group) is 1. The van der Waals surface area contributed by atoms with Crippen LogP contribution in [-0.4, -0.2) is 44.3 Å². The van der Waals surface area contributed by atoms with E-state index in [1.165, 1.54) is 35.2 Å². The van der Waals surface area contributed by atoms with Crippen LogP contribution in [0.3, 0.4) is 0 Å². The minimum atomic E-state index is -4.35. The van der Waals surface area contributed by atoms with Gasteiger partial charge in [-0.05, 0) is 56.2 Å². The lowest BCUT2D eigenvalue weighted by atomic mass is 10.1. The van der Waals surface area contributed by atoms with Crippen LogP contribution in [0, 0.1) is 12.7 Å². The number of carbonyl (C=O) groups is 2. The molecule has 2 amide bonds. The van der Waals surface area contributed by atoms with Crippen molar-refractivity contribution in [3.8, 4) is 0 Å². The molecule has 0 radical (unpaired) electrons. The molecule has 0 spiro atoms. The lowest BCUT2D eigenvalue weighted by molar-refractivity contribution is -0.140. The van der Waals surface area contributed by atoms with Gasteiger partial charge in [-0.25, -0.2) is 12.8 Å². The van der Waals surface area contributed by atoms with E-state index in [1.54, 1.807) is 50.2 Å². The number of hydrogen-bond acceptors (Lipinski definition) is 4. The summed E-state index contributed by atoms with van der Waals surface area (Å²) in [4.78, 5) is 28.0. The maximum Gasteiger partial charge on any atom is 0.264 e. The molecule has 3 rings (SSSR count). The minimum absolute atomic E-state index is 0.0379. The van der Waals surface area contributed by atoms with E-state index >= 15 is 0 Å². The predicted octanol–water partition coefficient (Wildman–Crippen LogP) is 4.93. The number of aryl methyl sites for hydroxylation is 1. The molecule has 10 heteroatoms. The summed E-state index contributed by atoms with van der Waals surface area (Å²) < 4.78 is 43.2. The third-order valence-corrected chi connectivity index (χ3v) is 8.19. The molecular formula is C28H31ClFN3O4S. The number of hydrogen-bond donors (Lipinski definition) is 1. The number of halogens is 2. The van der Waals surface area contributed by atoms with Crippen LogP contribution in [0.25, 0.3) is 0 Å². The predicted molar refractivity (Wildman–Crippen MR) is 147 cm³/mol. The minimum Gasteiger partial charge on any atom is -0.355 e. The summed E-state index contributed by atoms with van der Waals surface area (Å²) in [7, 11) is -4.35. The molecule has 0 aromatic heterocycles. The van der Waals surface area contributed by atoms with Gasteiger partial charge in [0.15, 0.2) is 0 Å². The summed E-state index contributed by atoms with van der Waals surface area (Å²) in [5.41, 5.74) is 1.16. The van der Waals surface area contributed by atoms with E-state index in [1.807, 2.05) is 6.92 Å². The van der Waals surface area contributed by atoms with Crippen molar-refractivity contribution in [1.82, 2.24) is 10.2 Å². The number of amides is 2. The zero-order valence-corrected chi connectivity index (χ0v) is 23.1. The Hall–Kier alpha value is -3.43. The molecule has 0 saturated carbocycles. The second-order valence-corrected chi connectivity index (χ2v) is 11.0. The first-order chi connectivity index (χ1) is 18.1. The molecule has 38 heavy (non-hydrogen) atoms. The molecule has 0 aliphatic carbocycles. The number of sulfonamides is 1. The van der Waals surface area contributed by atoms with Crippen molar-refractivity contribution in [1.29, 1.82) is 0 Å². The summed E-state index contributed by atoms with van der Waals surface area (Å²) >= 11 is 6.35. The molecule has 0 aliphatic heterocycles. The van der Waals surface area contributed by atoms with Crippen molar-refractivity contribution < 1.29 is 22.4 Å². The van der Waals surface area contributed by atoms with Gasteiger partial charge < -0.3 is 10.2 Å². The average Bonchev–Trinajstić information content (AvgIpc) is 2.89. The molecule has 0 fully saturated rings. The number of benzene rings is 3. The third kappa shape index (κ3) is 6.71. The Morgan fingerprint density at radius 1 is 0.974 bits per heavy atom. The van der Waals surface area contributed by atoms with Crippen LogP contribution >= 0.6 is 11.6 Å². The fraction of sp³-hybridized carbons (Fsp3) is 0.286. The molecule has 3 aromatic rings. The van der Waals surface area contributed by atoms with Gasteiger partial charge in [0.25, 0.3) is 10.0 Å². The van der Waals surface area contributed by atoms with Gasteiger partial charge in [-0.3, -0.25) is 13.9 Å². The smallest absolute Gasteiger partial charge is 0.264 e. The first-order valence-electron chi connectivity index (χ1n) is 12.2. The third-order valence-electron chi connectivity index (χ3n) is 6.04. The first kappa shape index (κ1) is 29.1. The van der Waals surface area contributed by atoms with Gasteiger partial charge >= 0.3 is 0 Å². The fourth-order valence-corrected chi connectivity index (χ4v) is 5.64. The monoisotopic (exact) mass is 559 g/mol. The van der Waals surface area contributed by atoms with Gasteiger partial charge in [0.05, 0.1) is 10.6 Å². The highest BCUT2D eigenvalue weighted by molar-refractivity contribution is 7.92. The summed E-state index contributed by atoms with van der Waals surface area (Å²) in [6.45, 7) is 4.92. The van der Waals surface area contributed by atoms with Gasteiger partial charge in [-0.15, -0.1) is 0 Å². The maximum absolute atomic E-state index is 14.9. The van der Waals surface area contributed by atoms with Crippen LogP contribution in [-0.2, 0) is 26.2 Å². The number of rotatable bonds is 11. The van der Waals surface area contributed by atoms with Crippen molar-refractivity contribution in [3.05, 3.63) is 94.8 Å². The zero-order valence-electron chi connectivity index (χ0n) is 21.5. The van der Waals surface area contributed by atoms with E-state index in [4.69, 9.17) is 11.6 Å². The Balaban J connectivity index is 2.08. The second-order valence-electron chi connectivity index (χ2n) is 8.71. The number of para-hydroxylation sites is 1. The topological polar surface area (TPSA) is 86.8 Å². The lowest BCUT2D eigenvalue weighted by Crippen LogP contribution is -2.52. The van der Waals surface area contributed by atoms with E-state index in [-0.39, 0.29) is 29.5 Å². The highest BCUT2D eigenvalue weighted by Crippen LogP contribution is 2.28. The largest absolute Gasteiger partial charge is 0.355 e. The van der Waals surface area contributed by atoms with Crippen LogP contribution in [0.15, 0.2) is 77.7 Å². The van der Waals surface area contributed by atoms with Crippen molar-refractivity contribution in [2.24, 2.45) is 0 Å². The Bertz CT molecular complexity index is 1380. The maximum atomic E-state index is 14.9. The fourth-order valence-electron chi connectivity index (χ4n) is 4.03. The molecular weight excluding hydrogens is 529 g/mol. The van der Waals surface area contributed by atoms with Crippen LogP contribution in [0.2, 0.25) is 5.02 Å². The number of nitrogens with zero attached hydrogens (tertiary/aromatic N) is 2. The van der Waals surface area contributed by atoms with Crippen molar-refractivity contribution in [3.63, 3.8) is 0 Å². The van der Waals surface area contributed by atoms with Crippen molar-refractivity contribution in [2.45, 2.75) is 44.7 Å². The van der Waals surface area contributed by atoms with E-state index in [0.717, 1.165) is 15.9 Å². The molecule has 1 atom stereocenters. The highest BCUT2D eigenvalue weighted by atomic mass is 35.5. The van der Waals surface area contributed by atoms with Crippen LogP contribution in [0.5, 0.6) is 0 Å². The molecule has 3 aromatic carbocycles. The van der Waals surface area contributed by atoms with Crippen molar-refractivity contribution >= 4 is 39.1 Å². The summed E-state index contributed by atoms with van der Waals surface area (Å²) in [5, 5.41) is 3.13. The van der Waals surface area contributed by atoms with Gasteiger partial charge in [0.2, 0.25) is 11.8 Å². The van der Waals surface area contributed by atoms with Gasteiger partial charge in [-0.1, -0.05) is 66.6 Å². The van der Waals surface area contributed by atoms with Gasteiger partial charge in [0, 0.05) is 18.1 Å². The summed E-state index contributed by atoms with van der Waals surface area (Å²) in [6.07, 6.45) is 0.270. The molecule has 0 saturated heterocycles. The van der Waals surface area contributed by atoms with Crippen LogP contribution in [0.4, 0.5) is 10.1 Å². The molecule has 0 bridgehead atoms. The molecule has 1 N–H and O–H groups in total. The molecule has 202 valence electrons. The average molecular weight is 560 g/mol. The Kier molecular flexibility index (Phi) is 9.88. The summed E-state index contributed by atoms with van der Waals surface area (Å²) in [5.74, 6) is -1.86.